The second kappa shape index (κ2) is 15.8. The van der Waals surface area contributed by atoms with E-state index in [-0.39, 0.29) is 6.10 Å². The monoisotopic (exact) mass is 268 g/mol. The predicted octanol–water partition coefficient (Wildman–Crippen LogP) is 6.01. The average Bonchev–Trinajstić information content (AvgIpc) is 2.41. The molecule has 0 aromatic rings. The third kappa shape index (κ3) is 15.6. The van der Waals surface area contributed by atoms with Crippen LogP contribution >= 0.6 is 0 Å². The van der Waals surface area contributed by atoms with Crippen LogP contribution in [0.25, 0.3) is 0 Å². The molecule has 0 aliphatic rings. The molecule has 0 bridgehead atoms. The molecule has 19 heavy (non-hydrogen) atoms. The first-order valence-electron chi connectivity index (χ1n) is 8.64. The van der Waals surface area contributed by atoms with Gasteiger partial charge >= 0.3 is 0 Å². The van der Waals surface area contributed by atoms with Gasteiger partial charge in [-0.25, -0.2) is 0 Å². The summed E-state index contributed by atoms with van der Waals surface area (Å²) >= 11 is 0. The van der Waals surface area contributed by atoms with Crippen LogP contribution in [0.15, 0.2) is 12.2 Å². The fourth-order valence-corrected chi connectivity index (χ4v) is 2.34. The minimum Gasteiger partial charge on any atom is -0.393 e. The Kier molecular flexibility index (Phi) is 15.5. The van der Waals surface area contributed by atoms with Crippen LogP contribution in [0.2, 0.25) is 0 Å². The topological polar surface area (TPSA) is 20.2 Å². The van der Waals surface area contributed by atoms with Crippen LogP contribution < -0.4 is 0 Å². The Morgan fingerprint density at radius 1 is 0.684 bits per heavy atom. The molecule has 0 saturated heterocycles. The molecule has 0 rings (SSSR count). The Balaban J connectivity index is 3.22. The molecule has 0 aromatic heterocycles. The van der Waals surface area contributed by atoms with Gasteiger partial charge in [0.2, 0.25) is 0 Å². The highest BCUT2D eigenvalue weighted by Gasteiger charge is 2.02. The van der Waals surface area contributed by atoms with Crippen molar-refractivity contribution in [2.24, 2.45) is 0 Å². The summed E-state index contributed by atoms with van der Waals surface area (Å²) in [5.74, 6) is 0. The maximum atomic E-state index is 9.86. The predicted molar refractivity (Wildman–Crippen MR) is 86.5 cm³/mol. The molecule has 0 fully saturated rings. The van der Waals surface area contributed by atoms with E-state index in [4.69, 9.17) is 0 Å². The summed E-state index contributed by atoms with van der Waals surface area (Å²) in [6.07, 6.45) is 20.5. The smallest absolute Gasteiger partial charge is 0.0543 e. The van der Waals surface area contributed by atoms with Crippen LogP contribution in [0.4, 0.5) is 0 Å². The summed E-state index contributed by atoms with van der Waals surface area (Å²) in [6.45, 7) is 4.49. The highest BCUT2D eigenvalue weighted by Crippen LogP contribution is 2.11. The number of allylic oxidation sites excluding steroid dienone is 2. The van der Waals surface area contributed by atoms with E-state index in [0.717, 1.165) is 19.3 Å². The number of hydrogen-bond donors (Lipinski definition) is 1. The lowest BCUT2D eigenvalue weighted by Crippen LogP contribution is -2.05. The Labute approximate surface area is 121 Å². The largest absolute Gasteiger partial charge is 0.393 e. The highest BCUT2D eigenvalue weighted by atomic mass is 16.3. The number of aliphatic hydroxyl groups is 1. The average molecular weight is 268 g/mol. The van der Waals surface area contributed by atoms with Crippen LogP contribution in [0.1, 0.15) is 97.3 Å². The molecule has 0 radical (unpaired) electrons. The molecule has 0 aliphatic carbocycles. The van der Waals surface area contributed by atoms with Gasteiger partial charge in [0.25, 0.3) is 0 Å². The van der Waals surface area contributed by atoms with Gasteiger partial charge < -0.3 is 5.11 Å². The molecule has 0 saturated carbocycles. The van der Waals surface area contributed by atoms with Gasteiger partial charge in [-0.3, -0.25) is 0 Å². The number of hydrogen-bond acceptors (Lipinski definition) is 1. The second-order valence-electron chi connectivity index (χ2n) is 5.75. The van der Waals surface area contributed by atoms with Crippen molar-refractivity contribution in [3.8, 4) is 0 Å². The quantitative estimate of drug-likeness (QED) is 0.302. The summed E-state index contributed by atoms with van der Waals surface area (Å²) in [5.41, 5.74) is 0. The molecule has 0 heterocycles. The van der Waals surface area contributed by atoms with Crippen LogP contribution in [0.3, 0.4) is 0 Å². The van der Waals surface area contributed by atoms with Crippen molar-refractivity contribution < 1.29 is 5.11 Å². The summed E-state index contributed by atoms with van der Waals surface area (Å²) in [6, 6.07) is 0. The standard InChI is InChI=1S/C18H36O/c1-3-5-7-9-11-13-15-17-18(19)16-14-12-10-8-6-4-2/h11,13,18-19H,3-10,12,14-17H2,1-2H3/b13-11+. The van der Waals surface area contributed by atoms with Crippen LogP contribution in [0.5, 0.6) is 0 Å². The van der Waals surface area contributed by atoms with E-state index in [1.165, 1.54) is 64.2 Å². The maximum absolute atomic E-state index is 9.86. The molecule has 1 atom stereocenters. The summed E-state index contributed by atoms with van der Waals surface area (Å²) < 4.78 is 0. The zero-order valence-electron chi connectivity index (χ0n) is 13.4. The van der Waals surface area contributed by atoms with E-state index < -0.39 is 0 Å². The van der Waals surface area contributed by atoms with Crippen molar-refractivity contribution >= 4 is 0 Å². The Morgan fingerprint density at radius 2 is 1.26 bits per heavy atom. The minimum atomic E-state index is -0.0773. The van der Waals surface area contributed by atoms with Crippen molar-refractivity contribution in [3.63, 3.8) is 0 Å². The normalized spacial score (nSPS) is 13.2. The van der Waals surface area contributed by atoms with E-state index in [1.807, 2.05) is 0 Å². The molecule has 1 nitrogen and oxygen atoms in total. The van der Waals surface area contributed by atoms with Crippen molar-refractivity contribution in [1.29, 1.82) is 0 Å². The van der Waals surface area contributed by atoms with Gasteiger partial charge in [-0.05, 0) is 32.1 Å². The zero-order chi connectivity index (χ0) is 14.2. The molecule has 0 spiro atoms. The third-order valence-electron chi connectivity index (χ3n) is 3.70. The summed E-state index contributed by atoms with van der Waals surface area (Å²) in [7, 11) is 0. The van der Waals surface area contributed by atoms with Crippen LogP contribution in [-0.4, -0.2) is 11.2 Å². The van der Waals surface area contributed by atoms with Crippen molar-refractivity contribution in [2.45, 2.75) is 103 Å². The SMILES string of the molecule is CCCCC/C=C/CCC(O)CCCCCCCC. The van der Waals surface area contributed by atoms with Gasteiger partial charge in [0, 0.05) is 0 Å². The number of aliphatic hydroxyl groups excluding tert-OH is 1. The van der Waals surface area contributed by atoms with Gasteiger partial charge in [0.05, 0.1) is 6.10 Å². The molecule has 0 amide bonds. The first-order chi connectivity index (χ1) is 9.31. The molecule has 1 unspecified atom stereocenters. The fourth-order valence-electron chi connectivity index (χ4n) is 2.34. The van der Waals surface area contributed by atoms with E-state index in [9.17, 15) is 5.11 Å². The molecule has 1 N–H and O–H groups in total. The lowest BCUT2D eigenvalue weighted by atomic mass is 10.0. The molecular formula is C18H36O. The maximum Gasteiger partial charge on any atom is 0.0543 e. The third-order valence-corrected chi connectivity index (χ3v) is 3.70. The van der Waals surface area contributed by atoms with Gasteiger partial charge in [-0.2, -0.15) is 0 Å². The number of unbranched alkanes of at least 4 members (excludes halogenated alkanes) is 8. The van der Waals surface area contributed by atoms with Crippen LogP contribution in [-0.2, 0) is 0 Å². The molecule has 0 aromatic carbocycles. The first kappa shape index (κ1) is 18.7. The number of rotatable bonds is 14. The molecule has 114 valence electrons. The van der Waals surface area contributed by atoms with Crippen molar-refractivity contribution in [1.82, 2.24) is 0 Å². The summed E-state index contributed by atoms with van der Waals surface area (Å²) in [4.78, 5) is 0. The van der Waals surface area contributed by atoms with E-state index in [1.54, 1.807) is 0 Å². The van der Waals surface area contributed by atoms with E-state index in [0.29, 0.717) is 0 Å². The van der Waals surface area contributed by atoms with Crippen molar-refractivity contribution in [2.75, 3.05) is 0 Å². The molecular weight excluding hydrogens is 232 g/mol. The second-order valence-corrected chi connectivity index (χ2v) is 5.75. The lowest BCUT2D eigenvalue weighted by Gasteiger charge is -2.08. The Hall–Kier alpha value is -0.300. The van der Waals surface area contributed by atoms with E-state index >= 15 is 0 Å². The zero-order valence-corrected chi connectivity index (χ0v) is 13.4. The van der Waals surface area contributed by atoms with Gasteiger partial charge in [-0.1, -0.05) is 77.4 Å². The molecule has 1 heteroatoms. The first-order valence-corrected chi connectivity index (χ1v) is 8.64. The van der Waals surface area contributed by atoms with Gasteiger partial charge in [0.15, 0.2) is 0 Å². The highest BCUT2D eigenvalue weighted by molar-refractivity contribution is 4.82. The Morgan fingerprint density at radius 3 is 2.00 bits per heavy atom. The Bertz CT molecular complexity index is 186. The minimum absolute atomic E-state index is 0.0773. The molecule has 0 aliphatic heterocycles. The van der Waals surface area contributed by atoms with Gasteiger partial charge in [0.1, 0.15) is 0 Å². The van der Waals surface area contributed by atoms with Crippen molar-refractivity contribution in [3.05, 3.63) is 12.2 Å². The van der Waals surface area contributed by atoms with Crippen LogP contribution in [0, 0.1) is 0 Å². The lowest BCUT2D eigenvalue weighted by molar-refractivity contribution is 0.152. The van der Waals surface area contributed by atoms with E-state index in [2.05, 4.69) is 26.0 Å². The summed E-state index contributed by atoms with van der Waals surface area (Å²) in [5, 5.41) is 9.86. The van der Waals surface area contributed by atoms with Gasteiger partial charge in [-0.15, -0.1) is 0 Å². The fraction of sp³-hybridized carbons (Fsp3) is 0.889.